The first-order valence-electron chi connectivity index (χ1n) is 5.94. The zero-order chi connectivity index (χ0) is 12.5. The molecular formula is C14H20N2S. The molecule has 3 N–H and O–H groups in total. The van der Waals surface area contributed by atoms with Gasteiger partial charge >= 0.3 is 0 Å². The summed E-state index contributed by atoms with van der Waals surface area (Å²) in [4.78, 5) is 1.30. The molecule has 0 aromatic heterocycles. The molecule has 0 bridgehead atoms. The maximum atomic E-state index is 5.58. The van der Waals surface area contributed by atoms with Gasteiger partial charge in [-0.25, -0.2) is 0 Å². The van der Waals surface area contributed by atoms with Crippen molar-refractivity contribution in [1.82, 2.24) is 5.43 Å². The number of unbranched alkanes of at least 4 members (excludes halogenated alkanes) is 1. The number of nitrogens with one attached hydrogen (secondary N) is 1. The summed E-state index contributed by atoms with van der Waals surface area (Å²) in [7, 11) is 0. The van der Waals surface area contributed by atoms with Gasteiger partial charge < -0.3 is 0 Å². The predicted molar refractivity (Wildman–Crippen MR) is 75.6 cm³/mol. The van der Waals surface area contributed by atoms with Gasteiger partial charge in [-0.1, -0.05) is 19.1 Å². The van der Waals surface area contributed by atoms with Crippen molar-refractivity contribution in [2.24, 2.45) is 5.84 Å². The van der Waals surface area contributed by atoms with Gasteiger partial charge in [-0.05, 0) is 36.3 Å². The fourth-order valence-electron chi connectivity index (χ4n) is 1.72. The Morgan fingerprint density at radius 2 is 2.12 bits per heavy atom. The minimum Gasteiger partial charge on any atom is -0.271 e. The van der Waals surface area contributed by atoms with E-state index in [1.165, 1.54) is 10.5 Å². The van der Waals surface area contributed by atoms with Gasteiger partial charge in [-0.3, -0.25) is 11.3 Å². The van der Waals surface area contributed by atoms with Crippen LogP contribution in [0.1, 0.15) is 37.8 Å². The van der Waals surface area contributed by atoms with Crippen LogP contribution in [0.3, 0.4) is 0 Å². The van der Waals surface area contributed by atoms with Crippen molar-refractivity contribution >= 4 is 11.8 Å². The lowest BCUT2D eigenvalue weighted by atomic mass is 10.0. The van der Waals surface area contributed by atoms with Gasteiger partial charge in [0.1, 0.15) is 0 Å². The molecule has 0 saturated carbocycles. The molecule has 0 spiro atoms. The van der Waals surface area contributed by atoms with E-state index in [1.54, 1.807) is 0 Å². The summed E-state index contributed by atoms with van der Waals surface area (Å²) in [6, 6.07) is 8.77. The van der Waals surface area contributed by atoms with E-state index in [0.29, 0.717) is 0 Å². The SMILES string of the molecule is C#CCCCC(NN)c1ccc(SCC)cc1. The second-order valence-electron chi connectivity index (χ2n) is 3.82. The fourth-order valence-corrected chi connectivity index (χ4v) is 2.38. The lowest BCUT2D eigenvalue weighted by molar-refractivity contribution is 0.502. The van der Waals surface area contributed by atoms with Gasteiger partial charge in [0.25, 0.3) is 0 Å². The van der Waals surface area contributed by atoms with Crippen LogP contribution in [0.15, 0.2) is 29.2 Å². The molecule has 0 heterocycles. The standard InChI is InChI=1S/C14H20N2S/c1-3-5-6-7-14(16-15)12-8-10-13(11-9-12)17-4-2/h1,8-11,14,16H,4-7,15H2,2H3. The quantitative estimate of drug-likeness (QED) is 0.256. The first-order valence-corrected chi connectivity index (χ1v) is 6.92. The number of hydrogen-bond acceptors (Lipinski definition) is 3. The van der Waals surface area contributed by atoms with Crippen molar-refractivity contribution < 1.29 is 0 Å². The van der Waals surface area contributed by atoms with E-state index in [2.05, 4.69) is 42.5 Å². The number of hydrogen-bond donors (Lipinski definition) is 2. The number of hydrazine groups is 1. The van der Waals surface area contributed by atoms with Crippen LogP contribution in [-0.4, -0.2) is 5.75 Å². The van der Waals surface area contributed by atoms with Crippen molar-refractivity contribution in [3.05, 3.63) is 29.8 Å². The zero-order valence-corrected chi connectivity index (χ0v) is 11.1. The van der Waals surface area contributed by atoms with Crippen LogP contribution in [-0.2, 0) is 0 Å². The van der Waals surface area contributed by atoms with E-state index in [9.17, 15) is 0 Å². The Bertz CT molecular complexity index is 353. The largest absolute Gasteiger partial charge is 0.271 e. The smallest absolute Gasteiger partial charge is 0.0460 e. The third-order valence-corrected chi connectivity index (χ3v) is 3.50. The number of terminal acetylenes is 1. The molecular weight excluding hydrogens is 228 g/mol. The number of rotatable bonds is 7. The van der Waals surface area contributed by atoms with Gasteiger partial charge in [-0.2, -0.15) is 0 Å². The van der Waals surface area contributed by atoms with Crippen LogP contribution in [0.25, 0.3) is 0 Å². The predicted octanol–water partition coefficient (Wildman–Crippen LogP) is 3.11. The van der Waals surface area contributed by atoms with E-state index >= 15 is 0 Å². The molecule has 0 aliphatic heterocycles. The highest BCUT2D eigenvalue weighted by Gasteiger charge is 2.08. The minimum atomic E-state index is 0.198. The van der Waals surface area contributed by atoms with Crippen molar-refractivity contribution in [1.29, 1.82) is 0 Å². The Morgan fingerprint density at radius 1 is 1.41 bits per heavy atom. The van der Waals surface area contributed by atoms with Gasteiger partial charge in [0.05, 0.1) is 0 Å². The lowest BCUT2D eigenvalue weighted by Gasteiger charge is -2.16. The maximum absolute atomic E-state index is 5.58. The van der Waals surface area contributed by atoms with Crippen molar-refractivity contribution in [3.8, 4) is 12.3 Å². The Morgan fingerprint density at radius 3 is 2.65 bits per heavy atom. The molecule has 1 rings (SSSR count). The Kier molecular flexibility index (Phi) is 6.80. The zero-order valence-electron chi connectivity index (χ0n) is 10.3. The lowest BCUT2D eigenvalue weighted by Crippen LogP contribution is -2.27. The molecule has 2 nitrogen and oxygen atoms in total. The summed E-state index contributed by atoms with van der Waals surface area (Å²) in [6.45, 7) is 2.16. The molecule has 1 unspecified atom stereocenters. The molecule has 3 heteroatoms. The molecule has 1 atom stereocenters. The fraction of sp³-hybridized carbons (Fsp3) is 0.429. The molecule has 92 valence electrons. The van der Waals surface area contributed by atoms with Crippen LogP contribution >= 0.6 is 11.8 Å². The third kappa shape index (κ3) is 4.82. The summed E-state index contributed by atoms with van der Waals surface area (Å²) in [6.07, 6.45) is 8.02. The first kappa shape index (κ1) is 14.1. The number of nitrogens with two attached hydrogens (primary N) is 1. The van der Waals surface area contributed by atoms with E-state index in [0.717, 1.165) is 25.0 Å². The third-order valence-electron chi connectivity index (χ3n) is 2.61. The van der Waals surface area contributed by atoms with E-state index in [1.807, 2.05) is 11.8 Å². The van der Waals surface area contributed by atoms with Crippen LogP contribution in [0.4, 0.5) is 0 Å². The van der Waals surface area contributed by atoms with E-state index < -0.39 is 0 Å². The molecule has 17 heavy (non-hydrogen) atoms. The van der Waals surface area contributed by atoms with Crippen molar-refractivity contribution in [2.75, 3.05) is 5.75 Å². The molecule has 0 aliphatic rings. The summed E-state index contributed by atoms with van der Waals surface area (Å²) in [5.74, 6) is 9.33. The minimum absolute atomic E-state index is 0.198. The van der Waals surface area contributed by atoms with E-state index in [-0.39, 0.29) is 6.04 Å². The van der Waals surface area contributed by atoms with Crippen LogP contribution in [0, 0.1) is 12.3 Å². The molecule has 0 fully saturated rings. The Labute approximate surface area is 108 Å². The number of benzene rings is 1. The Balaban J connectivity index is 2.59. The summed E-state index contributed by atoms with van der Waals surface area (Å²) >= 11 is 1.85. The van der Waals surface area contributed by atoms with Crippen LogP contribution in [0.2, 0.25) is 0 Å². The highest BCUT2D eigenvalue weighted by atomic mass is 32.2. The molecule has 0 radical (unpaired) electrons. The number of thioether (sulfide) groups is 1. The second kappa shape index (κ2) is 8.19. The highest BCUT2D eigenvalue weighted by molar-refractivity contribution is 7.99. The van der Waals surface area contributed by atoms with Crippen molar-refractivity contribution in [3.63, 3.8) is 0 Å². The van der Waals surface area contributed by atoms with Gasteiger partial charge in [0.15, 0.2) is 0 Å². The average molecular weight is 248 g/mol. The molecule has 1 aromatic rings. The molecule has 0 amide bonds. The maximum Gasteiger partial charge on any atom is 0.0460 e. The summed E-state index contributed by atoms with van der Waals surface area (Å²) in [5, 5.41) is 0. The molecule has 0 aliphatic carbocycles. The summed E-state index contributed by atoms with van der Waals surface area (Å²) < 4.78 is 0. The van der Waals surface area contributed by atoms with E-state index in [4.69, 9.17) is 12.3 Å². The average Bonchev–Trinajstić information content (AvgIpc) is 2.36. The normalized spacial score (nSPS) is 12.1. The van der Waals surface area contributed by atoms with Gasteiger partial charge in [0, 0.05) is 17.4 Å². The van der Waals surface area contributed by atoms with Gasteiger partial charge in [0.2, 0.25) is 0 Å². The van der Waals surface area contributed by atoms with Crippen LogP contribution < -0.4 is 11.3 Å². The molecule has 0 saturated heterocycles. The highest BCUT2D eigenvalue weighted by Crippen LogP contribution is 2.23. The Hall–Kier alpha value is -0.950. The van der Waals surface area contributed by atoms with Crippen LogP contribution in [0.5, 0.6) is 0 Å². The monoisotopic (exact) mass is 248 g/mol. The van der Waals surface area contributed by atoms with Gasteiger partial charge in [-0.15, -0.1) is 24.1 Å². The van der Waals surface area contributed by atoms with Crippen molar-refractivity contribution in [2.45, 2.75) is 37.1 Å². The topological polar surface area (TPSA) is 38.0 Å². The first-order chi connectivity index (χ1) is 8.31. The second-order valence-corrected chi connectivity index (χ2v) is 5.16. The molecule has 1 aromatic carbocycles. The summed E-state index contributed by atoms with van der Waals surface area (Å²) in [5.41, 5.74) is 4.08.